The lowest BCUT2D eigenvalue weighted by Gasteiger charge is -2.20. The molecule has 0 amide bonds. The van der Waals surface area contributed by atoms with Gasteiger partial charge in [-0.05, 0) is 18.1 Å². The molecular weight excluding hydrogens is 200 g/mol. The highest BCUT2D eigenvalue weighted by atomic mass is 15.3. The van der Waals surface area contributed by atoms with Gasteiger partial charge in [0, 0.05) is 12.6 Å². The normalized spacial score (nSPS) is 13.5. The van der Waals surface area contributed by atoms with Gasteiger partial charge in [0.15, 0.2) is 0 Å². The van der Waals surface area contributed by atoms with E-state index in [1.165, 1.54) is 0 Å². The van der Waals surface area contributed by atoms with Crippen LogP contribution in [0.5, 0.6) is 0 Å². The van der Waals surface area contributed by atoms with Gasteiger partial charge in [-0.2, -0.15) is 0 Å². The minimum Gasteiger partial charge on any atom is -0.329 e. The Morgan fingerprint density at radius 2 is 2.12 bits per heavy atom. The fourth-order valence-corrected chi connectivity index (χ4v) is 1.82. The summed E-state index contributed by atoms with van der Waals surface area (Å²) in [5.41, 5.74) is 5.04. The summed E-state index contributed by atoms with van der Waals surface area (Å²) >= 11 is 0. The third-order valence-corrected chi connectivity index (χ3v) is 2.94. The van der Waals surface area contributed by atoms with Crippen LogP contribution in [0.1, 0.15) is 13.8 Å². The molecule has 2 rings (SSSR count). The Balaban J connectivity index is 2.27. The Morgan fingerprint density at radius 1 is 1.38 bits per heavy atom. The predicted molar refractivity (Wildman–Crippen MR) is 65.7 cm³/mol. The molecule has 4 heteroatoms. The highest BCUT2D eigenvalue weighted by molar-refractivity contribution is 5.74. The van der Waals surface area contributed by atoms with Crippen molar-refractivity contribution in [3.63, 3.8) is 0 Å². The fourth-order valence-electron chi connectivity index (χ4n) is 1.82. The second-order valence-electron chi connectivity index (χ2n) is 4.40. The Kier molecular flexibility index (Phi) is 3.22. The van der Waals surface area contributed by atoms with E-state index in [9.17, 15) is 0 Å². The molecule has 0 spiro atoms. The summed E-state index contributed by atoms with van der Waals surface area (Å²) in [6, 6.07) is 8.39. The molecule has 0 aliphatic rings. The topological polar surface area (TPSA) is 55.9 Å². The average molecular weight is 218 g/mol. The summed E-state index contributed by atoms with van der Waals surface area (Å²) in [6.45, 7) is 5.15. The molecule has 0 radical (unpaired) electrons. The quantitative estimate of drug-likeness (QED) is 0.604. The first-order valence-corrected chi connectivity index (χ1v) is 5.58. The van der Waals surface area contributed by atoms with Gasteiger partial charge in [-0.15, -0.1) is 0 Å². The van der Waals surface area contributed by atoms with E-state index in [1.54, 1.807) is 0 Å². The number of aromatic nitrogens is 2. The first-order chi connectivity index (χ1) is 7.72. The van der Waals surface area contributed by atoms with Gasteiger partial charge in [-0.1, -0.05) is 26.0 Å². The third-order valence-electron chi connectivity index (χ3n) is 2.94. The van der Waals surface area contributed by atoms with Crippen LogP contribution in [0.2, 0.25) is 0 Å². The van der Waals surface area contributed by atoms with Crippen molar-refractivity contribution in [1.82, 2.24) is 15.0 Å². The van der Waals surface area contributed by atoms with Crippen LogP contribution in [0.3, 0.4) is 0 Å². The van der Waals surface area contributed by atoms with E-state index >= 15 is 0 Å². The van der Waals surface area contributed by atoms with Crippen LogP contribution in [-0.2, 0) is 6.54 Å². The van der Waals surface area contributed by atoms with Crippen LogP contribution in [0, 0.1) is 5.92 Å². The zero-order valence-corrected chi connectivity index (χ0v) is 9.72. The van der Waals surface area contributed by atoms with Crippen LogP contribution in [0.15, 0.2) is 30.6 Å². The van der Waals surface area contributed by atoms with Crippen LogP contribution in [0.25, 0.3) is 11.0 Å². The number of nitrogens with zero attached hydrogens (tertiary/aromatic N) is 2. The van der Waals surface area contributed by atoms with Gasteiger partial charge in [0.2, 0.25) is 0 Å². The number of fused-ring (bicyclic) bond motifs is 1. The number of hydrazine groups is 1. The summed E-state index contributed by atoms with van der Waals surface area (Å²) in [5.74, 6) is 6.04. The number of nitrogens with one attached hydrogen (secondary N) is 1. The molecule has 16 heavy (non-hydrogen) atoms. The van der Waals surface area contributed by atoms with Crippen LogP contribution in [-0.4, -0.2) is 15.6 Å². The summed E-state index contributed by atoms with van der Waals surface area (Å²) < 4.78 is 2.14. The van der Waals surface area contributed by atoms with E-state index in [1.807, 2.05) is 24.5 Å². The van der Waals surface area contributed by atoms with Crippen molar-refractivity contribution < 1.29 is 0 Å². The van der Waals surface area contributed by atoms with E-state index in [4.69, 9.17) is 5.84 Å². The number of imidazole rings is 1. The Morgan fingerprint density at radius 3 is 2.81 bits per heavy atom. The van der Waals surface area contributed by atoms with Crippen molar-refractivity contribution in [3.8, 4) is 0 Å². The molecule has 0 bridgehead atoms. The Bertz CT molecular complexity index is 461. The molecule has 86 valence electrons. The second-order valence-corrected chi connectivity index (χ2v) is 4.40. The number of hydrogen-bond acceptors (Lipinski definition) is 3. The zero-order chi connectivity index (χ0) is 11.5. The molecule has 1 heterocycles. The lowest BCUT2D eigenvalue weighted by Crippen LogP contribution is -2.41. The summed E-state index contributed by atoms with van der Waals surface area (Å²) in [7, 11) is 0. The molecule has 0 fully saturated rings. The van der Waals surface area contributed by atoms with E-state index in [-0.39, 0.29) is 6.04 Å². The molecular formula is C12H18N4. The van der Waals surface area contributed by atoms with Gasteiger partial charge in [0.1, 0.15) is 0 Å². The monoisotopic (exact) mass is 218 g/mol. The first kappa shape index (κ1) is 11.1. The summed E-state index contributed by atoms with van der Waals surface area (Å²) in [6.07, 6.45) is 1.87. The lowest BCUT2D eigenvalue weighted by molar-refractivity contribution is 0.364. The highest BCUT2D eigenvalue weighted by Gasteiger charge is 2.13. The molecule has 1 unspecified atom stereocenters. The van der Waals surface area contributed by atoms with Gasteiger partial charge in [-0.3, -0.25) is 11.3 Å². The van der Waals surface area contributed by atoms with Crippen molar-refractivity contribution in [1.29, 1.82) is 0 Å². The van der Waals surface area contributed by atoms with Gasteiger partial charge < -0.3 is 4.57 Å². The molecule has 0 aliphatic carbocycles. The molecule has 1 atom stereocenters. The van der Waals surface area contributed by atoms with Crippen LogP contribution >= 0.6 is 0 Å². The SMILES string of the molecule is CC(C)C(Cn1cnc2ccccc21)NN. The summed E-state index contributed by atoms with van der Waals surface area (Å²) in [4.78, 5) is 4.36. The van der Waals surface area contributed by atoms with Crippen LogP contribution < -0.4 is 11.3 Å². The van der Waals surface area contributed by atoms with Gasteiger partial charge in [0.25, 0.3) is 0 Å². The first-order valence-electron chi connectivity index (χ1n) is 5.58. The summed E-state index contributed by atoms with van der Waals surface area (Å²) in [5, 5.41) is 0. The van der Waals surface area contributed by atoms with E-state index < -0.39 is 0 Å². The fraction of sp³-hybridized carbons (Fsp3) is 0.417. The minimum absolute atomic E-state index is 0.262. The molecule has 2 aromatic rings. The number of para-hydroxylation sites is 2. The maximum atomic E-state index is 5.55. The molecule has 0 saturated heterocycles. The van der Waals surface area contributed by atoms with Crippen molar-refractivity contribution >= 4 is 11.0 Å². The van der Waals surface area contributed by atoms with E-state index in [0.717, 1.165) is 17.6 Å². The second kappa shape index (κ2) is 4.63. The van der Waals surface area contributed by atoms with Crippen molar-refractivity contribution in [2.24, 2.45) is 11.8 Å². The minimum atomic E-state index is 0.262. The number of benzene rings is 1. The maximum absolute atomic E-state index is 5.55. The largest absolute Gasteiger partial charge is 0.329 e. The van der Waals surface area contributed by atoms with Crippen molar-refractivity contribution in [3.05, 3.63) is 30.6 Å². The van der Waals surface area contributed by atoms with Gasteiger partial charge >= 0.3 is 0 Å². The van der Waals surface area contributed by atoms with Crippen molar-refractivity contribution in [2.45, 2.75) is 26.4 Å². The Hall–Kier alpha value is -1.39. The van der Waals surface area contributed by atoms with Gasteiger partial charge in [-0.25, -0.2) is 4.98 Å². The predicted octanol–water partition coefficient (Wildman–Crippen LogP) is 1.52. The van der Waals surface area contributed by atoms with Gasteiger partial charge in [0.05, 0.1) is 17.4 Å². The molecule has 1 aromatic heterocycles. The third kappa shape index (κ3) is 2.08. The maximum Gasteiger partial charge on any atom is 0.0958 e. The molecule has 0 saturated carbocycles. The number of rotatable bonds is 4. The molecule has 4 nitrogen and oxygen atoms in total. The highest BCUT2D eigenvalue weighted by Crippen LogP contribution is 2.13. The molecule has 1 aromatic carbocycles. The van der Waals surface area contributed by atoms with E-state index in [0.29, 0.717) is 5.92 Å². The average Bonchev–Trinajstić information content (AvgIpc) is 2.69. The van der Waals surface area contributed by atoms with Crippen LogP contribution in [0.4, 0.5) is 0 Å². The smallest absolute Gasteiger partial charge is 0.0958 e. The molecule has 0 aliphatic heterocycles. The number of nitrogens with two attached hydrogens (primary N) is 1. The Labute approximate surface area is 95.4 Å². The zero-order valence-electron chi connectivity index (χ0n) is 9.72. The standard InChI is InChI=1S/C12H18N4/c1-9(2)11(15-13)7-16-8-14-10-5-3-4-6-12(10)16/h3-6,8-9,11,15H,7,13H2,1-2H3. The van der Waals surface area contributed by atoms with E-state index in [2.05, 4.69) is 34.9 Å². The number of hydrogen-bond donors (Lipinski definition) is 2. The van der Waals surface area contributed by atoms with Crippen molar-refractivity contribution in [2.75, 3.05) is 0 Å². The lowest BCUT2D eigenvalue weighted by atomic mass is 10.1. The molecule has 3 N–H and O–H groups in total.